The minimum Gasteiger partial charge on any atom is -0.484 e. The van der Waals surface area contributed by atoms with Crippen molar-refractivity contribution in [2.75, 3.05) is 19.7 Å². The van der Waals surface area contributed by atoms with Gasteiger partial charge in [-0.15, -0.1) is 0 Å². The van der Waals surface area contributed by atoms with Crippen molar-refractivity contribution in [2.45, 2.75) is 51.1 Å². The van der Waals surface area contributed by atoms with Crippen LogP contribution >= 0.6 is 0 Å². The number of ether oxygens (including phenoxy) is 1. The molecule has 1 amide bonds. The third kappa shape index (κ3) is 3.86. The summed E-state index contributed by atoms with van der Waals surface area (Å²) in [7, 11) is 0. The summed E-state index contributed by atoms with van der Waals surface area (Å²) in [5.74, 6) is 0.429. The van der Waals surface area contributed by atoms with Crippen molar-refractivity contribution >= 4 is 16.9 Å². The van der Waals surface area contributed by atoms with Crippen molar-refractivity contribution in [1.29, 1.82) is 0 Å². The molecule has 2 aromatic rings. The molecular weight excluding hydrogens is 344 g/mol. The molecule has 144 valence electrons. The Morgan fingerprint density at radius 1 is 1.26 bits per heavy atom. The molecule has 2 aliphatic rings. The summed E-state index contributed by atoms with van der Waals surface area (Å²) >= 11 is 0. The van der Waals surface area contributed by atoms with E-state index in [1.807, 2.05) is 19.1 Å². The molecular formula is C21H26N2O4. The number of benzene rings is 1. The molecule has 1 N–H and O–H groups in total. The van der Waals surface area contributed by atoms with Gasteiger partial charge in [-0.2, -0.15) is 0 Å². The maximum atomic E-state index is 12.4. The van der Waals surface area contributed by atoms with Gasteiger partial charge >= 0.3 is 5.63 Å². The number of carbonyl (C=O) groups excluding carboxylic acids is 1. The van der Waals surface area contributed by atoms with Crippen LogP contribution in [-0.2, 0) is 11.2 Å². The van der Waals surface area contributed by atoms with E-state index < -0.39 is 0 Å². The van der Waals surface area contributed by atoms with Crippen LogP contribution < -0.4 is 15.7 Å². The van der Waals surface area contributed by atoms with Crippen molar-refractivity contribution in [1.82, 2.24) is 10.2 Å². The van der Waals surface area contributed by atoms with E-state index in [-0.39, 0.29) is 24.2 Å². The molecule has 0 radical (unpaired) electrons. The Bertz CT molecular complexity index is 891. The molecule has 0 unspecified atom stereocenters. The normalized spacial score (nSPS) is 22.6. The summed E-state index contributed by atoms with van der Waals surface area (Å²) in [6.07, 6.45) is 5.30. The van der Waals surface area contributed by atoms with Crippen LogP contribution in [0.2, 0.25) is 0 Å². The number of amides is 1. The van der Waals surface area contributed by atoms with E-state index in [0.29, 0.717) is 17.4 Å². The topological polar surface area (TPSA) is 71.8 Å². The molecule has 1 aromatic carbocycles. The SMILES string of the molecule is CCc1cc(=O)oc2cc(OCC(=O)N[C@H]3CCCN4CCC[C@@H]34)ccc12. The van der Waals surface area contributed by atoms with Gasteiger partial charge in [0.1, 0.15) is 11.3 Å². The van der Waals surface area contributed by atoms with Crippen molar-refractivity contribution in [3.8, 4) is 5.75 Å². The summed E-state index contributed by atoms with van der Waals surface area (Å²) < 4.78 is 10.9. The maximum absolute atomic E-state index is 12.4. The number of hydrogen-bond acceptors (Lipinski definition) is 5. The van der Waals surface area contributed by atoms with Crippen LogP contribution in [0.25, 0.3) is 11.0 Å². The van der Waals surface area contributed by atoms with Gasteiger partial charge in [0.15, 0.2) is 6.61 Å². The molecule has 6 nitrogen and oxygen atoms in total. The monoisotopic (exact) mass is 370 g/mol. The first-order chi connectivity index (χ1) is 13.1. The molecule has 3 heterocycles. The molecule has 0 aliphatic carbocycles. The summed E-state index contributed by atoms with van der Waals surface area (Å²) in [4.78, 5) is 26.5. The van der Waals surface area contributed by atoms with Gasteiger partial charge in [0.25, 0.3) is 5.91 Å². The third-order valence-electron chi connectivity index (χ3n) is 5.74. The lowest BCUT2D eigenvalue weighted by molar-refractivity contribution is -0.124. The van der Waals surface area contributed by atoms with E-state index >= 15 is 0 Å². The zero-order valence-electron chi connectivity index (χ0n) is 15.7. The standard InChI is InChI=1S/C21H26N2O4/c1-2-14-11-21(25)27-19-12-15(7-8-16(14)19)26-13-20(24)22-17-5-3-9-23-10-4-6-18(17)23/h7-8,11-12,17-18H,2-6,9-10,13H2,1H3,(H,22,24)/t17-,18-/m0/s1. The summed E-state index contributed by atoms with van der Waals surface area (Å²) in [5.41, 5.74) is 1.07. The fraction of sp³-hybridized carbons (Fsp3) is 0.524. The van der Waals surface area contributed by atoms with Gasteiger partial charge in [0.05, 0.1) is 0 Å². The fourth-order valence-electron chi connectivity index (χ4n) is 4.45. The lowest BCUT2D eigenvalue weighted by Crippen LogP contribution is -2.53. The van der Waals surface area contributed by atoms with Crippen LogP contribution in [0.1, 0.15) is 38.2 Å². The number of fused-ring (bicyclic) bond motifs is 2. The van der Waals surface area contributed by atoms with E-state index in [0.717, 1.165) is 49.7 Å². The maximum Gasteiger partial charge on any atom is 0.336 e. The summed E-state index contributed by atoms with van der Waals surface area (Å²) in [6.45, 7) is 4.26. The molecule has 2 fully saturated rings. The zero-order valence-corrected chi connectivity index (χ0v) is 15.7. The van der Waals surface area contributed by atoms with Crippen LogP contribution in [0, 0.1) is 0 Å². The van der Waals surface area contributed by atoms with E-state index in [9.17, 15) is 9.59 Å². The molecule has 4 rings (SSSR count). The zero-order chi connectivity index (χ0) is 18.8. The quantitative estimate of drug-likeness (QED) is 0.819. The van der Waals surface area contributed by atoms with E-state index in [4.69, 9.17) is 9.15 Å². The number of hydrogen-bond donors (Lipinski definition) is 1. The lowest BCUT2D eigenvalue weighted by Gasteiger charge is -2.37. The van der Waals surface area contributed by atoms with Crippen LogP contribution in [0.5, 0.6) is 5.75 Å². The number of nitrogens with one attached hydrogen (secondary N) is 1. The molecule has 2 atom stereocenters. The van der Waals surface area contributed by atoms with Gasteiger partial charge in [-0.05, 0) is 62.9 Å². The number of carbonyl (C=O) groups is 1. The molecule has 0 saturated carbocycles. The predicted molar refractivity (Wildman–Crippen MR) is 103 cm³/mol. The Morgan fingerprint density at radius 2 is 2.07 bits per heavy atom. The van der Waals surface area contributed by atoms with Gasteiger partial charge < -0.3 is 14.5 Å². The molecule has 27 heavy (non-hydrogen) atoms. The number of piperidine rings is 1. The Labute approximate surface area is 158 Å². The molecule has 0 bridgehead atoms. The molecule has 2 aliphatic heterocycles. The van der Waals surface area contributed by atoms with E-state index in [2.05, 4.69) is 10.2 Å². The largest absolute Gasteiger partial charge is 0.484 e. The van der Waals surface area contributed by atoms with Crippen molar-refractivity contribution in [3.05, 3.63) is 40.2 Å². The van der Waals surface area contributed by atoms with E-state index in [1.54, 1.807) is 6.07 Å². The smallest absolute Gasteiger partial charge is 0.336 e. The number of nitrogens with zero attached hydrogens (tertiary/aromatic N) is 1. The summed E-state index contributed by atoms with van der Waals surface area (Å²) in [6, 6.07) is 7.59. The summed E-state index contributed by atoms with van der Waals surface area (Å²) in [5, 5.41) is 4.05. The van der Waals surface area contributed by atoms with Crippen LogP contribution in [0.15, 0.2) is 33.5 Å². The first-order valence-corrected chi connectivity index (χ1v) is 9.87. The minimum absolute atomic E-state index is 0.0353. The second-order valence-electron chi connectivity index (χ2n) is 7.45. The van der Waals surface area contributed by atoms with Crippen LogP contribution in [0.3, 0.4) is 0 Å². The Balaban J connectivity index is 1.39. The van der Waals surface area contributed by atoms with Gasteiger partial charge in [-0.3, -0.25) is 9.69 Å². The first-order valence-electron chi connectivity index (χ1n) is 9.87. The van der Waals surface area contributed by atoms with Gasteiger partial charge in [-0.1, -0.05) is 6.92 Å². The van der Waals surface area contributed by atoms with Gasteiger partial charge in [0, 0.05) is 29.6 Å². The minimum atomic E-state index is -0.368. The average Bonchev–Trinajstić information content (AvgIpc) is 3.15. The second-order valence-corrected chi connectivity index (χ2v) is 7.45. The Morgan fingerprint density at radius 3 is 2.89 bits per heavy atom. The Kier molecular flexibility index (Phi) is 5.16. The first kappa shape index (κ1) is 18.0. The van der Waals surface area contributed by atoms with Crippen molar-refractivity contribution < 1.29 is 13.9 Å². The predicted octanol–water partition coefficient (Wildman–Crippen LogP) is 2.48. The number of aryl methyl sites for hydroxylation is 1. The van der Waals surface area contributed by atoms with Crippen LogP contribution in [0.4, 0.5) is 0 Å². The molecule has 1 aromatic heterocycles. The fourth-order valence-corrected chi connectivity index (χ4v) is 4.45. The molecule has 6 heteroatoms. The highest BCUT2D eigenvalue weighted by molar-refractivity contribution is 5.82. The van der Waals surface area contributed by atoms with Gasteiger partial charge in [0.2, 0.25) is 0 Å². The number of rotatable bonds is 5. The highest BCUT2D eigenvalue weighted by Gasteiger charge is 2.35. The highest BCUT2D eigenvalue weighted by Crippen LogP contribution is 2.27. The Hall–Kier alpha value is -2.34. The average molecular weight is 370 g/mol. The molecule has 0 spiro atoms. The van der Waals surface area contributed by atoms with E-state index in [1.165, 1.54) is 12.5 Å². The third-order valence-corrected chi connectivity index (χ3v) is 5.74. The van der Waals surface area contributed by atoms with Crippen molar-refractivity contribution in [3.63, 3.8) is 0 Å². The second kappa shape index (κ2) is 7.72. The van der Waals surface area contributed by atoms with Crippen molar-refractivity contribution in [2.24, 2.45) is 0 Å². The van der Waals surface area contributed by atoms with Gasteiger partial charge in [-0.25, -0.2) is 4.79 Å². The highest BCUT2D eigenvalue weighted by atomic mass is 16.5. The van der Waals surface area contributed by atoms with Crippen LogP contribution in [-0.4, -0.2) is 42.6 Å². The molecule has 2 saturated heterocycles. The lowest BCUT2D eigenvalue weighted by atomic mass is 9.96.